The second-order valence-electron chi connectivity index (χ2n) is 8.89. The Balaban J connectivity index is 1.71. The van der Waals surface area contributed by atoms with Gasteiger partial charge in [0.25, 0.3) is 0 Å². The molecule has 1 aliphatic heterocycles. The lowest BCUT2D eigenvalue weighted by Crippen LogP contribution is -2.39. The van der Waals surface area contributed by atoms with Gasteiger partial charge in [-0.25, -0.2) is 9.18 Å². The molecule has 1 aliphatic rings. The summed E-state index contributed by atoms with van der Waals surface area (Å²) in [6, 6.07) is 8.50. The quantitative estimate of drug-likeness (QED) is 0.490. The van der Waals surface area contributed by atoms with Gasteiger partial charge in [0.1, 0.15) is 11.7 Å². The lowest BCUT2D eigenvalue weighted by atomic mass is 10.0. The van der Waals surface area contributed by atoms with Crippen molar-refractivity contribution in [2.24, 2.45) is 0 Å². The summed E-state index contributed by atoms with van der Waals surface area (Å²) in [6.07, 6.45) is 5.31. The van der Waals surface area contributed by atoms with Crippen molar-refractivity contribution < 1.29 is 13.9 Å². The van der Waals surface area contributed by atoms with Gasteiger partial charge in [0.2, 0.25) is 0 Å². The molecule has 2 aromatic heterocycles. The van der Waals surface area contributed by atoms with Crippen LogP contribution >= 0.6 is 11.6 Å². The number of anilines is 2. The number of carbonyl (C=O) groups excluding carboxylic acids is 1. The van der Waals surface area contributed by atoms with Crippen molar-refractivity contribution in [3.05, 3.63) is 64.8 Å². The van der Waals surface area contributed by atoms with Crippen molar-refractivity contribution in [1.29, 1.82) is 5.26 Å². The van der Waals surface area contributed by atoms with Gasteiger partial charge in [-0.2, -0.15) is 5.26 Å². The molecule has 0 radical (unpaired) electrons. The Morgan fingerprint density at radius 2 is 2.09 bits per heavy atom. The third-order valence-electron chi connectivity index (χ3n) is 5.22. The van der Waals surface area contributed by atoms with Gasteiger partial charge in [-0.15, -0.1) is 0 Å². The molecule has 0 spiro atoms. The smallest absolute Gasteiger partial charge is 0.410 e. The van der Waals surface area contributed by atoms with E-state index in [9.17, 15) is 14.4 Å². The number of pyridine rings is 2. The first-order valence-electron chi connectivity index (χ1n) is 10.7. The molecule has 34 heavy (non-hydrogen) atoms. The van der Waals surface area contributed by atoms with Crippen LogP contribution in [0, 0.1) is 17.1 Å². The maximum atomic E-state index is 14.6. The molecule has 1 N–H and O–H groups in total. The number of ether oxygens (including phenoxy) is 1. The molecule has 4 rings (SSSR count). The van der Waals surface area contributed by atoms with E-state index in [4.69, 9.17) is 16.3 Å². The molecule has 0 fully saturated rings. The van der Waals surface area contributed by atoms with E-state index in [1.165, 1.54) is 12.3 Å². The van der Waals surface area contributed by atoms with E-state index >= 15 is 0 Å². The van der Waals surface area contributed by atoms with Crippen LogP contribution in [0.3, 0.4) is 0 Å². The Hall–Kier alpha value is -3.70. The number of fused-ring (bicyclic) bond motifs is 1. The van der Waals surface area contributed by atoms with Crippen LogP contribution in [0.25, 0.3) is 16.5 Å². The van der Waals surface area contributed by atoms with Crippen LogP contribution in [-0.2, 0) is 4.74 Å². The number of carbonyl (C=O) groups is 1. The lowest BCUT2D eigenvalue weighted by Gasteiger charge is -2.30. The molecule has 0 atom stereocenters. The largest absolute Gasteiger partial charge is 0.444 e. The van der Waals surface area contributed by atoms with Crippen molar-refractivity contribution in [3.8, 4) is 6.07 Å². The van der Waals surface area contributed by atoms with Crippen molar-refractivity contribution in [2.45, 2.75) is 32.8 Å². The lowest BCUT2D eigenvalue weighted by molar-refractivity contribution is 0.0273. The monoisotopic (exact) mass is 479 g/mol. The minimum absolute atomic E-state index is 0.0289. The zero-order chi connectivity index (χ0) is 24.5. The van der Waals surface area contributed by atoms with Crippen LogP contribution in [-0.4, -0.2) is 39.7 Å². The number of nitriles is 1. The van der Waals surface area contributed by atoms with Crippen LogP contribution in [0.5, 0.6) is 0 Å². The maximum Gasteiger partial charge on any atom is 0.410 e. The van der Waals surface area contributed by atoms with E-state index in [0.29, 0.717) is 41.8 Å². The number of aromatic nitrogens is 2. The highest BCUT2D eigenvalue weighted by molar-refractivity contribution is 6.31. The highest BCUT2D eigenvalue weighted by atomic mass is 35.5. The average Bonchev–Trinajstić information content (AvgIpc) is 2.81. The van der Waals surface area contributed by atoms with Crippen molar-refractivity contribution in [1.82, 2.24) is 14.9 Å². The predicted octanol–water partition coefficient (Wildman–Crippen LogP) is 6.06. The Morgan fingerprint density at radius 3 is 2.82 bits per heavy atom. The van der Waals surface area contributed by atoms with Gasteiger partial charge in [0.15, 0.2) is 5.82 Å². The Morgan fingerprint density at radius 1 is 1.29 bits per heavy atom. The number of hydrogen-bond acceptors (Lipinski definition) is 6. The zero-order valence-corrected chi connectivity index (χ0v) is 19.8. The average molecular weight is 480 g/mol. The second kappa shape index (κ2) is 9.27. The fourth-order valence-electron chi connectivity index (χ4n) is 3.64. The van der Waals surface area contributed by atoms with E-state index in [1.54, 1.807) is 29.3 Å². The number of rotatable bonds is 3. The van der Waals surface area contributed by atoms with Gasteiger partial charge in [0, 0.05) is 18.1 Å². The van der Waals surface area contributed by atoms with E-state index in [1.807, 2.05) is 26.8 Å². The fourth-order valence-corrected chi connectivity index (χ4v) is 3.81. The molecule has 3 aromatic rings. The first-order chi connectivity index (χ1) is 16.2. The van der Waals surface area contributed by atoms with Crippen molar-refractivity contribution in [2.75, 3.05) is 18.4 Å². The highest BCUT2D eigenvalue weighted by Crippen LogP contribution is 2.33. The predicted molar refractivity (Wildman–Crippen MR) is 129 cm³/mol. The molecular formula is C25H23ClFN5O2. The summed E-state index contributed by atoms with van der Waals surface area (Å²) in [5.74, 6) is -0.615. The van der Waals surface area contributed by atoms with E-state index < -0.39 is 11.4 Å². The molecule has 0 saturated heterocycles. The van der Waals surface area contributed by atoms with Crippen LogP contribution in [0.2, 0.25) is 5.02 Å². The zero-order valence-electron chi connectivity index (χ0n) is 19.0. The molecule has 0 unspecified atom stereocenters. The summed E-state index contributed by atoms with van der Waals surface area (Å²) in [6.45, 7) is 6.37. The summed E-state index contributed by atoms with van der Waals surface area (Å²) in [5, 5.41) is 13.2. The Bertz CT molecular complexity index is 1340. The molecule has 9 heteroatoms. The minimum Gasteiger partial charge on any atom is -0.444 e. The molecule has 1 amide bonds. The second-order valence-corrected chi connectivity index (χ2v) is 9.30. The number of halogens is 2. The third kappa shape index (κ3) is 4.95. The van der Waals surface area contributed by atoms with Crippen LogP contribution in [0.1, 0.15) is 38.4 Å². The number of benzene rings is 1. The molecule has 7 nitrogen and oxygen atoms in total. The molecule has 1 aromatic carbocycles. The Labute approximate surface area is 201 Å². The molecule has 0 bridgehead atoms. The van der Waals surface area contributed by atoms with E-state index in [2.05, 4.69) is 21.4 Å². The molecule has 174 valence electrons. The first kappa shape index (κ1) is 23.5. The minimum atomic E-state index is -0.615. The SMILES string of the molecule is CC(C)(C)OC(=O)N1CCC=C(c2cc3c(Nc4cccc(Cl)c4F)c(C#N)cnc3cn2)C1. The Kier molecular flexibility index (Phi) is 6.40. The molecule has 0 aliphatic carbocycles. The fraction of sp³-hybridized carbons (Fsp3) is 0.280. The molecular weight excluding hydrogens is 457 g/mol. The summed E-state index contributed by atoms with van der Waals surface area (Å²) in [7, 11) is 0. The maximum absolute atomic E-state index is 14.6. The standard InChI is InChI=1S/C25H23ClFN5O2/c1-25(2,3)34-24(33)32-9-5-6-15(14-32)20-10-17-21(13-30-20)29-12-16(11-28)23(17)31-19-8-4-7-18(26)22(19)27/h4,6-8,10,12-13H,5,9,14H2,1-3H3,(H,29,31). The van der Waals surface area contributed by atoms with Gasteiger partial charge in [-0.05, 0) is 51.0 Å². The first-order valence-corrected chi connectivity index (χ1v) is 11.1. The van der Waals surface area contributed by atoms with Gasteiger partial charge >= 0.3 is 6.09 Å². The van der Waals surface area contributed by atoms with Gasteiger partial charge < -0.3 is 15.0 Å². The van der Waals surface area contributed by atoms with E-state index in [0.717, 1.165) is 5.57 Å². The van der Waals surface area contributed by atoms with Crippen molar-refractivity contribution in [3.63, 3.8) is 0 Å². The van der Waals surface area contributed by atoms with Gasteiger partial charge in [0.05, 0.1) is 45.9 Å². The van der Waals surface area contributed by atoms with Crippen molar-refractivity contribution >= 4 is 45.5 Å². The van der Waals surface area contributed by atoms with Crippen LogP contribution in [0.15, 0.2) is 42.7 Å². The number of nitrogens with one attached hydrogen (secondary N) is 1. The normalized spacial score (nSPS) is 13.9. The summed E-state index contributed by atoms with van der Waals surface area (Å²) in [4.78, 5) is 23.0. The van der Waals surface area contributed by atoms with Gasteiger partial charge in [-0.1, -0.05) is 23.7 Å². The third-order valence-corrected chi connectivity index (χ3v) is 5.51. The van der Waals surface area contributed by atoms with Crippen LogP contribution < -0.4 is 5.32 Å². The van der Waals surface area contributed by atoms with Crippen LogP contribution in [0.4, 0.5) is 20.6 Å². The van der Waals surface area contributed by atoms with Gasteiger partial charge in [-0.3, -0.25) is 9.97 Å². The summed E-state index contributed by atoms with van der Waals surface area (Å²) < 4.78 is 20.1. The summed E-state index contributed by atoms with van der Waals surface area (Å²) in [5.41, 5.74) is 2.22. The topological polar surface area (TPSA) is 91.1 Å². The number of hydrogen-bond donors (Lipinski definition) is 1. The van der Waals surface area contributed by atoms with E-state index in [-0.39, 0.29) is 22.4 Å². The molecule has 3 heterocycles. The molecule has 0 saturated carbocycles. The number of amides is 1. The number of nitrogens with zero attached hydrogens (tertiary/aromatic N) is 4. The summed E-state index contributed by atoms with van der Waals surface area (Å²) >= 11 is 5.93. The highest BCUT2D eigenvalue weighted by Gasteiger charge is 2.25.